The highest BCUT2D eigenvalue weighted by atomic mass is 16.5. The molecule has 7 heteroatoms. The molecule has 30 heavy (non-hydrogen) atoms. The van der Waals surface area contributed by atoms with Crippen molar-refractivity contribution in [1.82, 2.24) is 14.9 Å². The van der Waals surface area contributed by atoms with Gasteiger partial charge in [-0.1, -0.05) is 30.3 Å². The molecule has 0 saturated carbocycles. The van der Waals surface area contributed by atoms with Crippen molar-refractivity contribution in [2.45, 2.75) is 6.92 Å². The smallest absolute Gasteiger partial charge is 0.276 e. The Kier molecular flexibility index (Phi) is 5.81. The van der Waals surface area contributed by atoms with Crippen LogP contribution in [0.25, 0.3) is 11.3 Å². The lowest BCUT2D eigenvalue weighted by Crippen LogP contribution is -2.40. The van der Waals surface area contributed by atoms with Crippen LogP contribution in [0.2, 0.25) is 0 Å². The van der Waals surface area contributed by atoms with Crippen LogP contribution in [0, 0.1) is 6.92 Å². The van der Waals surface area contributed by atoms with E-state index in [-0.39, 0.29) is 20.4 Å². The van der Waals surface area contributed by atoms with Gasteiger partial charge in [0.25, 0.3) is 11.8 Å². The lowest BCUT2D eigenvalue weighted by Gasteiger charge is -2.27. The lowest BCUT2D eigenvalue weighted by molar-refractivity contribution is 0.0303. The third-order valence-electron chi connectivity index (χ3n) is 4.91. The molecule has 0 bridgehead atoms. The standard InChI is InChI=1S/C23H22N4O3.2H2/c1-16-21(22(28)25-19-8-3-2-4-9-19)26-20(15-24-16)17-6-5-7-18(14-17)23(29)27-10-12-30-13-11-27;;/h2-9,14-15H,10-13H2,1H3,(H,25,28);2*1H. The number of amides is 2. The fourth-order valence-electron chi connectivity index (χ4n) is 3.28. The van der Waals surface area contributed by atoms with Crippen molar-refractivity contribution in [3.8, 4) is 11.3 Å². The number of nitrogens with one attached hydrogen (secondary N) is 1. The van der Waals surface area contributed by atoms with Gasteiger partial charge in [0.05, 0.1) is 30.8 Å². The molecule has 1 aliphatic rings. The first kappa shape index (κ1) is 19.7. The maximum atomic E-state index is 12.8. The highest BCUT2D eigenvalue weighted by molar-refractivity contribution is 6.03. The molecule has 1 saturated heterocycles. The first-order chi connectivity index (χ1) is 14.6. The highest BCUT2D eigenvalue weighted by Gasteiger charge is 2.19. The van der Waals surface area contributed by atoms with Crippen molar-refractivity contribution >= 4 is 17.5 Å². The van der Waals surface area contributed by atoms with Crippen molar-refractivity contribution in [1.29, 1.82) is 0 Å². The Balaban J connectivity index is 0.00000181. The van der Waals surface area contributed by atoms with Crippen LogP contribution in [-0.2, 0) is 4.74 Å². The number of para-hydroxylation sites is 1. The molecule has 2 amide bonds. The van der Waals surface area contributed by atoms with Gasteiger partial charge in [-0.2, -0.15) is 0 Å². The molecule has 0 unspecified atom stereocenters. The van der Waals surface area contributed by atoms with Crippen LogP contribution < -0.4 is 5.32 Å². The van der Waals surface area contributed by atoms with Gasteiger partial charge < -0.3 is 15.0 Å². The highest BCUT2D eigenvalue weighted by Crippen LogP contribution is 2.21. The van der Waals surface area contributed by atoms with Gasteiger partial charge in [0.1, 0.15) is 5.69 Å². The largest absolute Gasteiger partial charge is 0.378 e. The molecule has 0 radical (unpaired) electrons. The fourth-order valence-corrected chi connectivity index (χ4v) is 3.28. The van der Waals surface area contributed by atoms with E-state index < -0.39 is 0 Å². The normalized spacial score (nSPS) is 13.7. The Morgan fingerprint density at radius 1 is 1.07 bits per heavy atom. The molecule has 1 fully saturated rings. The fraction of sp³-hybridized carbons (Fsp3) is 0.217. The van der Waals surface area contributed by atoms with Gasteiger partial charge in [0, 0.05) is 32.8 Å². The number of carbonyl (C=O) groups is 2. The number of rotatable bonds is 4. The van der Waals surface area contributed by atoms with Crippen LogP contribution in [-0.4, -0.2) is 53.0 Å². The number of hydrogen-bond donors (Lipinski definition) is 1. The maximum absolute atomic E-state index is 12.8. The summed E-state index contributed by atoms with van der Waals surface area (Å²) >= 11 is 0. The third-order valence-corrected chi connectivity index (χ3v) is 4.91. The predicted molar refractivity (Wildman–Crippen MR) is 118 cm³/mol. The van der Waals surface area contributed by atoms with E-state index in [1.807, 2.05) is 42.5 Å². The predicted octanol–water partition coefficient (Wildman–Crippen LogP) is 3.67. The summed E-state index contributed by atoms with van der Waals surface area (Å²) in [6.45, 7) is 4.01. The molecular formula is C23H26N4O3. The monoisotopic (exact) mass is 406 g/mol. The molecule has 2 heterocycles. The van der Waals surface area contributed by atoms with Crippen LogP contribution in [0.5, 0.6) is 0 Å². The average Bonchev–Trinajstić information content (AvgIpc) is 2.80. The molecule has 3 aromatic rings. The van der Waals surface area contributed by atoms with Gasteiger partial charge in [0.15, 0.2) is 0 Å². The summed E-state index contributed by atoms with van der Waals surface area (Å²) in [4.78, 5) is 36.2. The molecule has 1 aliphatic heterocycles. The van der Waals surface area contributed by atoms with Crippen LogP contribution >= 0.6 is 0 Å². The van der Waals surface area contributed by atoms with E-state index in [9.17, 15) is 9.59 Å². The number of aryl methyl sites for hydroxylation is 1. The summed E-state index contributed by atoms with van der Waals surface area (Å²) in [6, 6.07) is 16.4. The number of morpholine rings is 1. The van der Waals surface area contributed by atoms with Gasteiger partial charge in [-0.15, -0.1) is 0 Å². The zero-order chi connectivity index (χ0) is 20.9. The van der Waals surface area contributed by atoms with Gasteiger partial charge in [-0.25, -0.2) is 4.98 Å². The number of hydrogen-bond acceptors (Lipinski definition) is 5. The summed E-state index contributed by atoms with van der Waals surface area (Å²) < 4.78 is 5.32. The molecule has 2 aromatic carbocycles. The number of anilines is 1. The summed E-state index contributed by atoms with van der Waals surface area (Å²) in [5.41, 5.74) is 3.32. The summed E-state index contributed by atoms with van der Waals surface area (Å²) in [7, 11) is 0. The van der Waals surface area contributed by atoms with E-state index in [4.69, 9.17) is 4.74 Å². The minimum Gasteiger partial charge on any atom is -0.378 e. The first-order valence-corrected chi connectivity index (χ1v) is 9.79. The Labute approximate surface area is 177 Å². The average molecular weight is 406 g/mol. The molecule has 0 spiro atoms. The maximum Gasteiger partial charge on any atom is 0.276 e. The van der Waals surface area contributed by atoms with E-state index in [0.717, 1.165) is 5.56 Å². The molecule has 7 nitrogen and oxygen atoms in total. The number of aromatic nitrogens is 2. The Morgan fingerprint density at radius 2 is 1.83 bits per heavy atom. The van der Waals surface area contributed by atoms with E-state index in [0.29, 0.717) is 48.9 Å². The van der Waals surface area contributed by atoms with Crippen LogP contribution in [0.15, 0.2) is 60.8 Å². The molecular weight excluding hydrogens is 380 g/mol. The summed E-state index contributed by atoms with van der Waals surface area (Å²) in [6.07, 6.45) is 1.62. The van der Waals surface area contributed by atoms with Gasteiger partial charge in [-0.05, 0) is 31.2 Å². The number of nitrogens with zero attached hydrogens (tertiary/aromatic N) is 3. The molecule has 1 N–H and O–H groups in total. The molecule has 1 aromatic heterocycles. The number of ether oxygens (including phenoxy) is 1. The molecule has 4 rings (SSSR count). The second-order valence-corrected chi connectivity index (χ2v) is 6.99. The van der Waals surface area contributed by atoms with E-state index >= 15 is 0 Å². The van der Waals surface area contributed by atoms with E-state index in [1.165, 1.54) is 0 Å². The topological polar surface area (TPSA) is 84.4 Å². The number of benzene rings is 2. The third kappa shape index (κ3) is 4.36. The first-order valence-electron chi connectivity index (χ1n) is 9.79. The lowest BCUT2D eigenvalue weighted by atomic mass is 10.1. The zero-order valence-corrected chi connectivity index (χ0v) is 16.7. The zero-order valence-electron chi connectivity index (χ0n) is 16.7. The minimum atomic E-state index is -0.325. The van der Waals surface area contributed by atoms with Crippen LogP contribution in [0.1, 0.15) is 29.4 Å². The van der Waals surface area contributed by atoms with E-state index in [1.54, 1.807) is 30.2 Å². The van der Waals surface area contributed by atoms with Crippen molar-refractivity contribution in [3.05, 3.63) is 77.7 Å². The second-order valence-electron chi connectivity index (χ2n) is 6.99. The quantitative estimate of drug-likeness (QED) is 0.715. The minimum absolute atomic E-state index is 0. The van der Waals surface area contributed by atoms with E-state index in [2.05, 4.69) is 15.3 Å². The van der Waals surface area contributed by atoms with Crippen molar-refractivity contribution in [3.63, 3.8) is 0 Å². The van der Waals surface area contributed by atoms with Crippen molar-refractivity contribution in [2.24, 2.45) is 0 Å². The molecule has 0 aliphatic carbocycles. The van der Waals surface area contributed by atoms with Crippen LogP contribution in [0.3, 0.4) is 0 Å². The van der Waals surface area contributed by atoms with Crippen molar-refractivity contribution < 1.29 is 17.2 Å². The van der Waals surface area contributed by atoms with Gasteiger partial charge in [0.2, 0.25) is 0 Å². The Hall–Kier alpha value is -3.58. The summed E-state index contributed by atoms with van der Waals surface area (Å²) in [5, 5.41) is 2.84. The molecule has 0 atom stereocenters. The SMILES string of the molecule is Cc1ncc(-c2cccc(C(=O)N3CCOCC3)c2)nc1C(=O)Nc1ccccc1.[HH].[HH]. The van der Waals surface area contributed by atoms with Crippen molar-refractivity contribution in [2.75, 3.05) is 31.6 Å². The Morgan fingerprint density at radius 3 is 2.60 bits per heavy atom. The van der Waals surface area contributed by atoms with Crippen LogP contribution in [0.4, 0.5) is 5.69 Å². The van der Waals surface area contributed by atoms with Gasteiger partial charge in [-0.3, -0.25) is 14.6 Å². The summed E-state index contributed by atoms with van der Waals surface area (Å²) in [5.74, 6) is -0.365. The van der Waals surface area contributed by atoms with Gasteiger partial charge >= 0.3 is 0 Å². The molecule has 156 valence electrons. The second kappa shape index (κ2) is 8.84. The number of carbonyl (C=O) groups excluding carboxylic acids is 2. The Bertz CT molecular complexity index is 1070.